The van der Waals surface area contributed by atoms with Crippen LogP contribution in [0.15, 0.2) is 48.5 Å². The molecule has 0 heterocycles. The molecule has 0 aromatic heterocycles. The van der Waals surface area contributed by atoms with Crippen molar-refractivity contribution in [2.24, 2.45) is 0 Å². The van der Waals surface area contributed by atoms with Gasteiger partial charge in [-0.2, -0.15) is 0 Å². The Labute approximate surface area is 173 Å². The van der Waals surface area contributed by atoms with Crippen LogP contribution in [0.2, 0.25) is 0 Å². The zero-order valence-corrected chi connectivity index (χ0v) is 16.9. The highest BCUT2D eigenvalue weighted by Gasteiger charge is 2.57. The average Bonchev–Trinajstić information content (AvgIpc) is 2.70. The van der Waals surface area contributed by atoms with Crippen molar-refractivity contribution in [1.82, 2.24) is 5.32 Å². The molecule has 1 amide bonds. The Kier molecular flexibility index (Phi) is 7.63. The lowest BCUT2D eigenvalue weighted by Gasteiger charge is -2.37. The van der Waals surface area contributed by atoms with Gasteiger partial charge in [0.15, 0.2) is 0 Å². The molecule has 0 unspecified atom stereocenters. The molecule has 2 aromatic rings. The highest BCUT2D eigenvalue weighted by Crippen LogP contribution is 2.38. The van der Waals surface area contributed by atoms with E-state index in [1.165, 1.54) is 24.3 Å². The largest absolute Gasteiger partial charge is 0.464 e. The van der Waals surface area contributed by atoms with E-state index in [9.17, 15) is 23.2 Å². The minimum Gasteiger partial charge on any atom is -0.464 e. The normalized spacial score (nSPS) is 11.1. The van der Waals surface area contributed by atoms with E-state index in [0.29, 0.717) is 11.1 Å². The van der Waals surface area contributed by atoms with Gasteiger partial charge in [-0.3, -0.25) is 4.79 Å². The first-order chi connectivity index (χ1) is 14.3. The molecule has 0 aliphatic carbocycles. The minimum absolute atomic E-state index is 0.0703. The Bertz CT molecular complexity index is 833. The third-order valence-corrected chi connectivity index (χ3v) is 4.41. The Morgan fingerprint density at radius 1 is 0.833 bits per heavy atom. The molecule has 8 heteroatoms. The van der Waals surface area contributed by atoms with Crippen LogP contribution in [0.3, 0.4) is 0 Å². The van der Waals surface area contributed by atoms with Gasteiger partial charge in [0, 0.05) is 6.92 Å². The first-order valence-corrected chi connectivity index (χ1v) is 9.40. The molecule has 1 N–H and O–H groups in total. The Morgan fingerprint density at radius 3 is 1.50 bits per heavy atom. The molecule has 0 bridgehead atoms. The molecule has 160 valence electrons. The van der Waals surface area contributed by atoms with Crippen molar-refractivity contribution in [2.75, 3.05) is 13.2 Å². The van der Waals surface area contributed by atoms with Gasteiger partial charge in [0.05, 0.1) is 19.1 Å². The van der Waals surface area contributed by atoms with Gasteiger partial charge in [-0.1, -0.05) is 24.3 Å². The van der Waals surface area contributed by atoms with Crippen molar-refractivity contribution in [2.45, 2.75) is 32.2 Å². The molecule has 0 fully saturated rings. The summed E-state index contributed by atoms with van der Waals surface area (Å²) in [5.74, 6) is -5.02. The van der Waals surface area contributed by atoms with Crippen LogP contribution in [0, 0.1) is 11.6 Å². The molecular formula is C22H23F2NO5. The maximum atomic E-state index is 13.6. The number of ether oxygens (including phenoxy) is 2. The van der Waals surface area contributed by atoms with Gasteiger partial charge in [0.1, 0.15) is 11.6 Å². The number of hydrogen-bond donors (Lipinski definition) is 1. The van der Waals surface area contributed by atoms with Gasteiger partial charge in [-0.05, 0) is 49.2 Å². The second-order valence-electron chi connectivity index (χ2n) is 6.47. The molecular weight excluding hydrogens is 396 g/mol. The molecule has 6 nitrogen and oxygen atoms in total. The van der Waals surface area contributed by atoms with Crippen LogP contribution in [0.5, 0.6) is 0 Å². The van der Waals surface area contributed by atoms with E-state index in [0.717, 1.165) is 31.2 Å². The van der Waals surface area contributed by atoms with Gasteiger partial charge in [0.2, 0.25) is 11.4 Å². The van der Waals surface area contributed by atoms with Crippen LogP contribution in [0.4, 0.5) is 8.78 Å². The zero-order chi connectivity index (χ0) is 22.3. The predicted molar refractivity (Wildman–Crippen MR) is 104 cm³/mol. The summed E-state index contributed by atoms with van der Waals surface area (Å²) in [7, 11) is 0. The average molecular weight is 419 g/mol. The van der Waals surface area contributed by atoms with Gasteiger partial charge in [-0.25, -0.2) is 18.4 Å². The number of esters is 2. The maximum Gasteiger partial charge on any atom is 0.344 e. The fraction of sp³-hybridized carbons (Fsp3) is 0.318. The lowest BCUT2D eigenvalue weighted by atomic mass is 9.74. The Balaban J connectivity index is 2.85. The molecule has 0 atom stereocenters. The first kappa shape index (κ1) is 23.0. The van der Waals surface area contributed by atoms with Crippen LogP contribution >= 0.6 is 0 Å². The van der Waals surface area contributed by atoms with E-state index in [1.54, 1.807) is 13.8 Å². The summed E-state index contributed by atoms with van der Waals surface area (Å²) in [4.78, 5) is 38.4. The second-order valence-corrected chi connectivity index (χ2v) is 6.47. The number of amides is 1. The van der Waals surface area contributed by atoms with Crippen LogP contribution in [-0.4, -0.2) is 36.6 Å². The fourth-order valence-corrected chi connectivity index (χ4v) is 3.26. The first-order valence-electron chi connectivity index (χ1n) is 9.40. The van der Waals surface area contributed by atoms with Crippen molar-refractivity contribution in [3.05, 3.63) is 71.3 Å². The molecule has 30 heavy (non-hydrogen) atoms. The molecule has 2 aromatic carbocycles. The van der Waals surface area contributed by atoms with E-state index in [-0.39, 0.29) is 13.2 Å². The number of benzene rings is 2. The smallest absolute Gasteiger partial charge is 0.344 e. The zero-order valence-electron chi connectivity index (χ0n) is 16.9. The molecule has 0 saturated carbocycles. The molecule has 0 saturated heterocycles. The highest BCUT2D eigenvalue weighted by atomic mass is 19.1. The van der Waals surface area contributed by atoms with E-state index in [2.05, 4.69) is 5.32 Å². The van der Waals surface area contributed by atoms with Crippen molar-refractivity contribution in [3.8, 4) is 0 Å². The second kappa shape index (κ2) is 9.96. The molecule has 0 radical (unpaired) electrons. The summed E-state index contributed by atoms with van der Waals surface area (Å²) in [5.41, 5.74) is -1.68. The molecule has 0 aliphatic rings. The number of rotatable bonds is 8. The number of hydrogen-bond acceptors (Lipinski definition) is 5. The minimum atomic E-state index is -2.31. The predicted octanol–water partition coefficient (Wildman–Crippen LogP) is 3.10. The van der Waals surface area contributed by atoms with Crippen molar-refractivity contribution >= 4 is 17.8 Å². The van der Waals surface area contributed by atoms with Gasteiger partial charge >= 0.3 is 11.9 Å². The van der Waals surface area contributed by atoms with E-state index >= 15 is 0 Å². The SMILES string of the molecule is CCOC(=O)C(NC(C)=O)(C(=O)OCC)C(c1ccc(F)cc1)c1ccc(F)cc1. The Hall–Kier alpha value is -3.29. The number of halogens is 2. The van der Waals surface area contributed by atoms with Crippen molar-refractivity contribution in [3.63, 3.8) is 0 Å². The molecule has 0 aliphatic heterocycles. The van der Waals surface area contributed by atoms with E-state index in [4.69, 9.17) is 9.47 Å². The monoisotopic (exact) mass is 419 g/mol. The van der Waals surface area contributed by atoms with Crippen molar-refractivity contribution < 1.29 is 32.6 Å². The maximum absolute atomic E-state index is 13.6. The number of carbonyl (C=O) groups excluding carboxylic acids is 3. The molecule has 0 spiro atoms. The summed E-state index contributed by atoms with van der Waals surface area (Å²) in [6, 6.07) is 10.1. The van der Waals surface area contributed by atoms with Crippen LogP contribution in [0.1, 0.15) is 37.8 Å². The Morgan fingerprint density at radius 2 is 1.20 bits per heavy atom. The van der Waals surface area contributed by atoms with Crippen molar-refractivity contribution in [1.29, 1.82) is 0 Å². The summed E-state index contributed by atoms with van der Waals surface area (Å²) in [6.07, 6.45) is 0. The quantitative estimate of drug-likeness (QED) is 0.525. The topological polar surface area (TPSA) is 81.7 Å². The highest BCUT2D eigenvalue weighted by molar-refractivity contribution is 6.09. The fourth-order valence-electron chi connectivity index (χ4n) is 3.26. The lowest BCUT2D eigenvalue weighted by Crippen LogP contribution is -2.64. The van der Waals surface area contributed by atoms with Crippen LogP contribution in [0.25, 0.3) is 0 Å². The third-order valence-electron chi connectivity index (χ3n) is 4.41. The van der Waals surface area contributed by atoms with E-state index < -0.39 is 40.9 Å². The summed E-state index contributed by atoms with van der Waals surface area (Å²) >= 11 is 0. The van der Waals surface area contributed by atoms with Crippen LogP contribution < -0.4 is 5.32 Å². The standard InChI is InChI=1S/C22H23F2NO5/c1-4-29-20(27)22(25-14(3)26,21(28)30-5-2)19(15-6-10-17(23)11-7-15)16-8-12-18(24)13-9-16/h6-13,19H,4-5H2,1-3H3,(H,25,26). The number of carbonyl (C=O) groups is 3. The van der Waals surface area contributed by atoms with Gasteiger partial charge < -0.3 is 14.8 Å². The van der Waals surface area contributed by atoms with Gasteiger partial charge in [0.25, 0.3) is 0 Å². The summed E-state index contributed by atoms with van der Waals surface area (Å²) < 4.78 is 37.4. The number of nitrogens with one attached hydrogen (secondary N) is 1. The third kappa shape index (κ3) is 4.82. The lowest BCUT2D eigenvalue weighted by molar-refractivity contribution is -0.169. The van der Waals surface area contributed by atoms with Gasteiger partial charge in [-0.15, -0.1) is 0 Å². The summed E-state index contributed by atoms with van der Waals surface area (Å²) in [5, 5.41) is 2.41. The van der Waals surface area contributed by atoms with Crippen LogP contribution in [-0.2, 0) is 23.9 Å². The molecule has 2 rings (SSSR count). The van der Waals surface area contributed by atoms with E-state index in [1.807, 2.05) is 0 Å². The summed E-state index contributed by atoms with van der Waals surface area (Å²) in [6.45, 7) is 4.09.